The molecule has 2 saturated heterocycles. The SMILES string of the molecule is [CH](CN1CCNCC1)N1CCCNCC1. The Kier molecular flexibility index (Phi) is 4.86. The second kappa shape index (κ2) is 6.43. The summed E-state index contributed by atoms with van der Waals surface area (Å²) in [5.74, 6) is 0. The first-order valence-corrected chi connectivity index (χ1v) is 6.16. The lowest BCUT2D eigenvalue weighted by molar-refractivity contribution is 0.225. The van der Waals surface area contributed by atoms with Crippen LogP contribution in [0.25, 0.3) is 0 Å². The van der Waals surface area contributed by atoms with Gasteiger partial charge in [-0.05, 0) is 19.5 Å². The smallest absolute Gasteiger partial charge is 0.0391 e. The minimum Gasteiger partial charge on any atom is -0.315 e. The average molecular weight is 211 g/mol. The van der Waals surface area contributed by atoms with Crippen molar-refractivity contribution < 1.29 is 0 Å². The van der Waals surface area contributed by atoms with Gasteiger partial charge in [0.1, 0.15) is 0 Å². The van der Waals surface area contributed by atoms with E-state index in [2.05, 4.69) is 27.0 Å². The second-order valence-corrected chi connectivity index (χ2v) is 4.37. The summed E-state index contributed by atoms with van der Waals surface area (Å²) in [6.45, 7) is 12.9. The van der Waals surface area contributed by atoms with Gasteiger partial charge in [0.05, 0.1) is 0 Å². The highest BCUT2D eigenvalue weighted by atomic mass is 15.2. The van der Waals surface area contributed by atoms with Gasteiger partial charge < -0.3 is 10.6 Å². The van der Waals surface area contributed by atoms with Gasteiger partial charge in [-0.25, -0.2) is 0 Å². The van der Waals surface area contributed by atoms with E-state index in [0.717, 1.165) is 26.2 Å². The largest absolute Gasteiger partial charge is 0.315 e. The molecule has 0 aromatic carbocycles. The molecular weight excluding hydrogens is 188 g/mol. The topological polar surface area (TPSA) is 30.5 Å². The molecule has 2 heterocycles. The van der Waals surface area contributed by atoms with Crippen molar-refractivity contribution >= 4 is 0 Å². The normalized spacial score (nSPS) is 26.4. The molecule has 1 radical (unpaired) electrons. The number of hydrogen-bond acceptors (Lipinski definition) is 4. The lowest BCUT2D eigenvalue weighted by Crippen LogP contribution is -2.45. The van der Waals surface area contributed by atoms with Gasteiger partial charge in [0.25, 0.3) is 0 Å². The van der Waals surface area contributed by atoms with Crippen LogP contribution in [-0.2, 0) is 0 Å². The molecule has 0 atom stereocenters. The van der Waals surface area contributed by atoms with E-state index >= 15 is 0 Å². The first-order valence-electron chi connectivity index (χ1n) is 6.16. The zero-order valence-electron chi connectivity index (χ0n) is 9.54. The molecule has 0 aromatic heterocycles. The molecule has 0 amide bonds. The van der Waals surface area contributed by atoms with Gasteiger partial charge in [-0.1, -0.05) is 0 Å². The van der Waals surface area contributed by atoms with Crippen molar-refractivity contribution in [3.05, 3.63) is 6.54 Å². The monoisotopic (exact) mass is 211 g/mol. The van der Waals surface area contributed by atoms with Crippen molar-refractivity contribution in [2.45, 2.75) is 6.42 Å². The van der Waals surface area contributed by atoms with Crippen LogP contribution in [0.4, 0.5) is 0 Å². The molecule has 15 heavy (non-hydrogen) atoms. The number of piperazine rings is 1. The zero-order chi connectivity index (χ0) is 10.3. The lowest BCUT2D eigenvalue weighted by atomic mass is 10.3. The molecule has 0 saturated carbocycles. The number of rotatable bonds is 3. The molecule has 2 rings (SSSR count). The van der Waals surface area contributed by atoms with Gasteiger partial charge in [0.2, 0.25) is 0 Å². The summed E-state index contributed by atoms with van der Waals surface area (Å²) in [4.78, 5) is 5.00. The van der Waals surface area contributed by atoms with Crippen LogP contribution >= 0.6 is 0 Å². The molecule has 87 valence electrons. The Hall–Kier alpha value is -0.160. The predicted molar refractivity (Wildman–Crippen MR) is 62.7 cm³/mol. The second-order valence-electron chi connectivity index (χ2n) is 4.37. The molecule has 0 spiro atoms. The maximum Gasteiger partial charge on any atom is 0.0391 e. The summed E-state index contributed by atoms with van der Waals surface area (Å²) in [6.07, 6.45) is 1.28. The van der Waals surface area contributed by atoms with E-state index in [1.165, 1.54) is 39.1 Å². The molecule has 4 nitrogen and oxygen atoms in total. The minimum absolute atomic E-state index is 1.13. The Balaban J connectivity index is 1.62. The molecule has 2 N–H and O–H groups in total. The van der Waals surface area contributed by atoms with Crippen LogP contribution in [0.5, 0.6) is 0 Å². The maximum absolute atomic E-state index is 3.43. The standard InChI is InChI=1S/C11H23N4/c1-2-12-3-7-14(6-1)10-11-15-8-4-13-5-9-15/h10,12-13H,1-9,11H2. The molecule has 2 fully saturated rings. The van der Waals surface area contributed by atoms with Crippen LogP contribution in [0, 0.1) is 6.54 Å². The predicted octanol–water partition coefficient (Wildman–Crippen LogP) is -0.651. The van der Waals surface area contributed by atoms with Crippen molar-refractivity contribution in [3.8, 4) is 0 Å². The van der Waals surface area contributed by atoms with Gasteiger partial charge in [-0.3, -0.25) is 9.80 Å². The molecule has 0 unspecified atom stereocenters. The first kappa shape index (κ1) is 11.3. The molecule has 0 bridgehead atoms. The van der Waals surface area contributed by atoms with Crippen molar-refractivity contribution in [1.82, 2.24) is 20.4 Å². The van der Waals surface area contributed by atoms with Crippen LogP contribution in [0.1, 0.15) is 6.42 Å². The Morgan fingerprint density at radius 1 is 0.867 bits per heavy atom. The molecular formula is C11H23N4. The van der Waals surface area contributed by atoms with E-state index < -0.39 is 0 Å². The average Bonchev–Trinajstić information content (AvgIpc) is 2.56. The molecule has 0 aromatic rings. The summed E-state index contributed by atoms with van der Waals surface area (Å²) in [7, 11) is 0. The lowest BCUT2D eigenvalue weighted by Gasteiger charge is -2.29. The zero-order valence-corrected chi connectivity index (χ0v) is 9.54. The Morgan fingerprint density at radius 2 is 1.60 bits per heavy atom. The van der Waals surface area contributed by atoms with E-state index in [1.54, 1.807) is 0 Å². The first-order chi connectivity index (χ1) is 7.45. The number of hydrogen-bond donors (Lipinski definition) is 2. The van der Waals surface area contributed by atoms with Crippen molar-refractivity contribution in [2.75, 3.05) is 58.9 Å². The quantitative estimate of drug-likeness (QED) is 0.649. The summed E-state index contributed by atoms with van der Waals surface area (Å²) < 4.78 is 0. The summed E-state index contributed by atoms with van der Waals surface area (Å²) >= 11 is 0. The van der Waals surface area contributed by atoms with Gasteiger partial charge in [-0.2, -0.15) is 0 Å². The Labute approximate surface area is 93.0 Å². The highest BCUT2D eigenvalue weighted by Crippen LogP contribution is 2.01. The van der Waals surface area contributed by atoms with Crippen LogP contribution in [0.3, 0.4) is 0 Å². The van der Waals surface area contributed by atoms with Crippen LogP contribution in [-0.4, -0.2) is 68.7 Å². The van der Waals surface area contributed by atoms with Crippen molar-refractivity contribution in [1.29, 1.82) is 0 Å². The fourth-order valence-corrected chi connectivity index (χ4v) is 2.17. The van der Waals surface area contributed by atoms with Gasteiger partial charge >= 0.3 is 0 Å². The number of nitrogens with zero attached hydrogens (tertiary/aromatic N) is 2. The third-order valence-corrected chi connectivity index (χ3v) is 3.18. The van der Waals surface area contributed by atoms with Crippen LogP contribution in [0.15, 0.2) is 0 Å². The van der Waals surface area contributed by atoms with Gasteiger partial charge in [0, 0.05) is 52.4 Å². The Morgan fingerprint density at radius 3 is 2.47 bits per heavy atom. The fourth-order valence-electron chi connectivity index (χ4n) is 2.17. The van der Waals surface area contributed by atoms with Crippen LogP contribution in [0.2, 0.25) is 0 Å². The van der Waals surface area contributed by atoms with E-state index in [4.69, 9.17) is 0 Å². The molecule has 0 aliphatic carbocycles. The van der Waals surface area contributed by atoms with E-state index in [0.29, 0.717) is 0 Å². The number of nitrogens with one attached hydrogen (secondary N) is 2. The highest BCUT2D eigenvalue weighted by molar-refractivity contribution is 4.78. The minimum atomic E-state index is 1.13. The van der Waals surface area contributed by atoms with Crippen LogP contribution < -0.4 is 10.6 Å². The Bertz CT molecular complexity index is 160. The third-order valence-electron chi connectivity index (χ3n) is 3.18. The van der Waals surface area contributed by atoms with E-state index in [-0.39, 0.29) is 0 Å². The van der Waals surface area contributed by atoms with Crippen molar-refractivity contribution in [3.63, 3.8) is 0 Å². The van der Waals surface area contributed by atoms with Crippen molar-refractivity contribution in [2.24, 2.45) is 0 Å². The van der Waals surface area contributed by atoms with Gasteiger partial charge in [-0.15, -0.1) is 0 Å². The van der Waals surface area contributed by atoms with E-state index in [1.807, 2.05) is 0 Å². The molecule has 2 aliphatic rings. The highest BCUT2D eigenvalue weighted by Gasteiger charge is 2.12. The third kappa shape index (κ3) is 4.07. The van der Waals surface area contributed by atoms with E-state index in [9.17, 15) is 0 Å². The fraction of sp³-hybridized carbons (Fsp3) is 0.909. The molecule has 2 aliphatic heterocycles. The molecule has 4 heteroatoms. The summed E-state index contributed by atoms with van der Waals surface area (Å²) in [6, 6.07) is 0. The maximum atomic E-state index is 3.43. The summed E-state index contributed by atoms with van der Waals surface area (Å²) in [5.41, 5.74) is 0. The summed E-state index contributed by atoms with van der Waals surface area (Å²) in [5, 5.41) is 6.81. The van der Waals surface area contributed by atoms with Gasteiger partial charge in [0.15, 0.2) is 0 Å².